The van der Waals surface area contributed by atoms with Gasteiger partial charge in [0, 0.05) is 35.7 Å². The third kappa shape index (κ3) is 7.02. The minimum Gasteiger partial charge on any atom is -0.472 e. The summed E-state index contributed by atoms with van der Waals surface area (Å²) in [6, 6.07) is 10.7. The molecule has 0 bridgehead atoms. The van der Waals surface area contributed by atoms with E-state index in [0.717, 1.165) is 35.7 Å². The van der Waals surface area contributed by atoms with Crippen molar-refractivity contribution in [3.05, 3.63) is 78.5 Å². The van der Waals surface area contributed by atoms with Crippen molar-refractivity contribution in [3.8, 4) is 5.88 Å². The second kappa shape index (κ2) is 13.5. The van der Waals surface area contributed by atoms with Crippen LogP contribution < -0.4 is 20.1 Å². The molecular weight excluding hydrogens is 680 g/mol. The number of halogens is 2. The van der Waals surface area contributed by atoms with E-state index in [-0.39, 0.29) is 25.1 Å². The Morgan fingerprint density at radius 2 is 1.86 bits per heavy atom. The number of hydrogen-bond acceptors (Lipinski definition) is 8. The quantitative estimate of drug-likeness (QED) is 0.297. The number of sulfonamides is 1. The first-order valence-electron chi connectivity index (χ1n) is 17.5. The van der Waals surface area contributed by atoms with E-state index in [1.54, 1.807) is 13.1 Å². The van der Waals surface area contributed by atoms with E-state index < -0.39 is 73.8 Å². The smallest absolute Gasteiger partial charge is 0.259 e. The first-order valence-corrected chi connectivity index (χ1v) is 19.0. The van der Waals surface area contributed by atoms with Gasteiger partial charge < -0.3 is 20.3 Å². The van der Waals surface area contributed by atoms with Gasteiger partial charge in [0.05, 0.1) is 11.3 Å². The van der Waals surface area contributed by atoms with Crippen LogP contribution in [0.25, 0.3) is 10.8 Å². The number of ether oxygens (including phenoxy) is 1. The molecule has 2 aliphatic heterocycles. The molecule has 14 heteroatoms. The zero-order valence-electron chi connectivity index (χ0n) is 28.2. The molecule has 0 unspecified atom stereocenters. The van der Waals surface area contributed by atoms with Crippen LogP contribution in [0.1, 0.15) is 64.7 Å². The lowest BCUT2D eigenvalue weighted by atomic mass is 10.0. The van der Waals surface area contributed by atoms with E-state index in [9.17, 15) is 31.6 Å². The van der Waals surface area contributed by atoms with Gasteiger partial charge in [-0.3, -0.25) is 19.1 Å². The van der Waals surface area contributed by atoms with Crippen molar-refractivity contribution < 1.29 is 36.3 Å². The maximum atomic E-state index is 14.5. The van der Waals surface area contributed by atoms with Crippen molar-refractivity contribution in [2.75, 3.05) is 11.9 Å². The predicted molar refractivity (Wildman–Crippen MR) is 186 cm³/mol. The van der Waals surface area contributed by atoms with Crippen molar-refractivity contribution in [1.29, 1.82) is 0 Å². The topological polar surface area (TPSA) is 147 Å². The molecule has 0 spiro atoms. The molecule has 1 aromatic heterocycles. The van der Waals surface area contributed by atoms with Crippen LogP contribution in [0.2, 0.25) is 0 Å². The van der Waals surface area contributed by atoms with E-state index in [4.69, 9.17) is 4.74 Å². The van der Waals surface area contributed by atoms with Gasteiger partial charge in [0.25, 0.3) is 5.91 Å². The van der Waals surface area contributed by atoms with Gasteiger partial charge >= 0.3 is 0 Å². The van der Waals surface area contributed by atoms with Crippen LogP contribution in [0.15, 0.2) is 66.9 Å². The Labute approximate surface area is 295 Å². The summed E-state index contributed by atoms with van der Waals surface area (Å²) in [4.78, 5) is 48.4. The van der Waals surface area contributed by atoms with E-state index in [0.29, 0.717) is 38.0 Å². The van der Waals surface area contributed by atoms with Crippen LogP contribution in [0.5, 0.6) is 5.88 Å². The number of amides is 3. The van der Waals surface area contributed by atoms with Crippen LogP contribution in [-0.2, 0) is 24.4 Å². The lowest BCUT2D eigenvalue weighted by Crippen LogP contribution is -2.58. The zero-order chi connectivity index (χ0) is 36.0. The van der Waals surface area contributed by atoms with Crippen LogP contribution in [0.4, 0.5) is 14.5 Å². The highest BCUT2D eigenvalue weighted by molar-refractivity contribution is 7.91. The number of nitrogens with one attached hydrogen (secondary N) is 3. The average molecular weight is 722 g/mol. The fourth-order valence-electron chi connectivity index (χ4n) is 7.08. The zero-order valence-corrected chi connectivity index (χ0v) is 29.1. The van der Waals surface area contributed by atoms with Crippen LogP contribution in [-0.4, -0.2) is 71.0 Å². The van der Waals surface area contributed by atoms with Crippen molar-refractivity contribution in [3.63, 3.8) is 0 Å². The number of nitrogens with zero attached hydrogens (tertiary/aromatic N) is 2. The molecule has 3 N–H and O–H groups in total. The number of anilines is 1. The number of rotatable bonds is 7. The summed E-state index contributed by atoms with van der Waals surface area (Å²) < 4.78 is 61.7. The standard InChI is InChI=1S/C37H41F2N5O6S/c1-36(16-17-36)51(48,49)43-35(47)37-21-24(37)10-5-3-2-4-6-12-30(41-25-13-14-28(38)29(39)19-25)34(46)44-22-26(20-31(44)32(45)42-37)50-33-27-11-8-7-9-23(27)15-18-40-33/h5,7-11,13-15,18-19,24,26,30-31,41H,2-4,6,12,16-17,20-22H2,1H3,(H,42,45)(H,43,47)/t24-,26-,30+,31+,37-/m1/s1. The van der Waals surface area contributed by atoms with Crippen molar-refractivity contribution in [2.45, 2.75) is 93.2 Å². The molecule has 3 amide bonds. The number of aromatic nitrogens is 1. The van der Waals surface area contributed by atoms with Gasteiger partial charge in [-0.1, -0.05) is 43.2 Å². The molecule has 1 saturated heterocycles. The molecule has 3 heterocycles. The molecule has 7 rings (SSSR count). The summed E-state index contributed by atoms with van der Waals surface area (Å²) in [5.41, 5.74) is -1.30. The third-order valence-electron chi connectivity index (χ3n) is 10.7. The molecule has 4 aliphatic rings. The molecule has 2 aromatic carbocycles. The Morgan fingerprint density at radius 3 is 2.65 bits per heavy atom. The molecule has 270 valence electrons. The third-order valence-corrected chi connectivity index (χ3v) is 12.8. The van der Waals surface area contributed by atoms with Crippen LogP contribution in [0, 0.1) is 17.6 Å². The summed E-state index contributed by atoms with van der Waals surface area (Å²) in [6.45, 7) is 1.59. The Hall–Kier alpha value is -4.59. The normalized spacial score (nSPS) is 27.7. The molecule has 2 aliphatic carbocycles. The minimum absolute atomic E-state index is 0.00699. The number of pyridine rings is 1. The molecule has 2 saturated carbocycles. The minimum atomic E-state index is -3.99. The lowest BCUT2D eigenvalue weighted by Gasteiger charge is -2.30. The second-order valence-electron chi connectivity index (χ2n) is 14.4. The van der Waals surface area contributed by atoms with Crippen molar-refractivity contribution >= 4 is 44.2 Å². The van der Waals surface area contributed by atoms with Gasteiger partial charge in [-0.2, -0.15) is 0 Å². The summed E-state index contributed by atoms with van der Waals surface area (Å²) >= 11 is 0. The van der Waals surface area contributed by atoms with E-state index in [1.165, 1.54) is 11.0 Å². The number of hydrogen-bond donors (Lipinski definition) is 3. The maximum absolute atomic E-state index is 14.5. The fourth-order valence-corrected chi connectivity index (χ4v) is 8.39. The van der Waals surface area contributed by atoms with Gasteiger partial charge in [0.15, 0.2) is 11.6 Å². The van der Waals surface area contributed by atoms with Gasteiger partial charge in [0.2, 0.25) is 27.7 Å². The molecule has 5 atom stereocenters. The van der Waals surface area contributed by atoms with Gasteiger partial charge in [0.1, 0.15) is 23.7 Å². The predicted octanol–water partition coefficient (Wildman–Crippen LogP) is 4.74. The summed E-state index contributed by atoms with van der Waals surface area (Å²) in [5, 5.41) is 7.60. The van der Waals surface area contributed by atoms with E-state index in [1.807, 2.05) is 42.5 Å². The number of carbonyl (C=O) groups excluding carboxylic acids is 3. The Kier molecular flexibility index (Phi) is 9.23. The molecule has 11 nitrogen and oxygen atoms in total. The maximum Gasteiger partial charge on any atom is 0.259 e. The van der Waals surface area contributed by atoms with E-state index in [2.05, 4.69) is 20.3 Å². The molecule has 3 aromatic rings. The SMILES string of the molecule is CC1(S(=O)(=O)NC(=O)[C@@]23C[C@H]2C=CCCCCC[C@H](Nc2ccc(F)c(F)c2)C(=O)N2C[C@H](Oc4nccc5ccccc45)C[C@H]2C(=O)N3)CC1. The van der Waals surface area contributed by atoms with E-state index >= 15 is 0 Å². The Balaban J connectivity index is 1.20. The number of fused-ring (bicyclic) bond motifs is 3. The Bertz CT molecular complexity index is 2000. The highest BCUT2D eigenvalue weighted by Gasteiger charge is 2.63. The van der Waals surface area contributed by atoms with Crippen LogP contribution in [0.3, 0.4) is 0 Å². The Morgan fingerprint density at radius 1 is 1.06 bits per heavy atom. The summed E-state index contributed by atoms with van der Waals surface area (Å²) in [6.07, 6.45) is 9.10. The molecular formula is C37H41F2N5O6S. The second-order valence-corrected chi connectivity index (χ2v) is 16.6. The first kappa shape index (κ1) is 34.8. The summed E-state index contributed by atoms with van der Waals surface area (Å²) in [7, 11) is -3.99. The van der Waals surface area contributed by atoms with Crippen molar-refractivity contribution in [1.82, 2.24) is 19.9 Å². The van der Waals surface area contributed by atoms with Gasteiger partial charge in [-0.05, 0) is 75.1 Å². The highest BCUT2D eigenvalue weighted by atomic mass is 32.2. The van der Waals surface area contributed by atoms with Crippen molar-refractivity contribution in [2.24, 2.45) is 5.92 Å². The highest BCUT2D eigenvalue weighted by Crippen LogP contribution is 2.47. The van der Waals surface area contributed by atoms with Crippen LogP contribution >= 0.6 is 0 Å². The summed E-state index contributed by atoms with van der Waals surface area (Å²) in [5.74, 6) is -4.05. The fraction of sp³-hybridized carbons (Fsp3) is 0.459. The number of benzene rings is 2. The molecule has 0 radical (unpaired) electrons. The first-order chi connectivity index (χ1) is 24.4. The largest absolute Gasteiger partial charge is 0.472 e. The number of carbonyl (C=O) groups is 3. The molecule has 51 heavy (non-hydrogen) atoms. The monoisotopic (exact) mass is 721 g/mol. The average Bonchev–Trinajstić information content (AvgIpc) is 3.98. The molecule has 3 fully saturated rings. The lowest BCUT2D eigenvalue weighted by molar-refractivity contribution is -0.140. The van der Waals surface area contributed by atoms with Gasteiger partial charge in [-0.25, -0.2) is 22.2 Å². The van der Waals surface area contributed by atoms with Gasteiger partial charge in [-0.15, -0.1) is 0 Å². The number of allylic oxidation sites excluding steroid dienone is 1.